The van der Waals surface area contributed by atoms with E-state index < -0.39 is 10.0 Å². The Hall–Kier alpha value is -1.17. The highest BCUT2D eigenvalue weighted by molar-refractivity contribution is 9.10. The van der Waals surface area contributed by atoms with Crippen molar-refractivity contribution in [1.29, 1.82) is 0 Å². The van der Waals surface area contributed by atoms with E-state index in [9.17, 15) is 8.42 Å². The summed E-state index contributed by atoms with van der Waals surface area (Å²) in [5.74, 6) is 0. The van der Waals surface area contributed by atoms with Crippen LogP contribution in [-0.4, -0.2) is 19.8 Å². The van der Waals surface area contributed by atoms with Gasteiger partial charge in [0.1, 0.15) is 0 Å². The predicted molar refractivity (Wildman–Crippen MR) is 88.7 cm³/mol. The quantitative estimate of drug-likeness (QED) is 0.821. The first kappa shape index (κ1) is 16.2. The SMILES string of the molecule is Cc1cc(S(=O)(=O)N(C)Cc2ccccc2C)ccc1Br. The van der Waals surface area contributed by atoms with Crippen LogP contribution in [0.25, 0.3) is 0 Å². The van der Waals surface area contributed by atoms with Crippen LogP contribution in [0.5, 0.6) is 0 Å². The highest BCUT2D eigenvalue weighted by Gasteiger charge is 2.21. The largest absolute Gasteiger partial charge is 0.243 e. The number of hydrogen-bond donors (Lipinski definition) is 0. The number of benzene rings is 2. The van der Waals surface area contributed by atoms with E-state index in [0.29, 0.717) is 11.4 Å². The molecule has 0 saturated heterocycles. The Morgan fingerprint density at radius 2 is 1.71 bits per heavy atom. The topological polar surface area (TPSA) is 37.4 Å². The van der Waals surface area contributed by atoms with Crippen molar-refractivity contribution in [3.05, 3.63) is 63.6 Å². The summed E-state index contributed by atoms with van der Waals surface area (Å²) >= 11 is 3.39. The molecule has 0 N–H and O–H groups in total. The molecule has 0 radical (unpaired) electrons. The first-order chi connectivity index (χ1) is 9.82. The smallest absolute Gasteiger partial charge is 0.207 e. The Labute approximate surface area is 134 Å². The maximum atomic E-state index is 12.6. The van der Waals surface area contributed by atoms with Crippen LogP contribution in [0.4, 0.5) is 0 Å². The maximum Gasteiger partial charge on any atom is 0.243 e. The van der Waals surface area contributed by atoms with Gasteiger partial charge in [0.15, 0.2) is 0 Å². The molecule has 2 aromatic rings. The third kappa shape index (κ3) is 3.54. The van der Waals surface area contributed by atoms with Crippen molar-refractivity contribution >= 4 is 26.0 Å². The molecule has 2 aromatic carbocycles. The van der Waals surface area contributed by atoms with E-state index in [1.54, 1.807) is 25.2 Å². The lowest BCUT2D eigenvalue weighted by Crippen LogP contribution is -2.26. The monoisotopic (exact) mass is 367 g/mol. The molecule has 112 valence electrons. The number of halogens is 1. The van der Waals surface area contributed by atoms with E-state index in [4.69, 9.17) is 0 Å². The first-order valence-electron chi connectivity index (χ1n) is 6.59. The van der Waals surface area contributed by atoms with Crippen LogP contribution in [0.3, 0.4) is 0 Å². The second kappa shape index (κ2) is 6.30. The van der Waals surface area contributed by atoms with Gasteiger partial charge in [0.2, 0.25) is 10.0 Å². The van der Waals surface area contributed by atoms with Crippen LogP contribution in [0, 0.1) is 13.8 Å². The molecule has 0 atom stereocenters. The fourth-order valence-electron chi connectivity index (χ4n) is 2.07. The van der Waals surface area contributed by atoms with E-state index in [0.717, 1.165) is 21.2 Å². The molecule has 0 amide bonds. The molecule has 0 aliphatic rings. The van der Waals surface area contributed by atoms with E-state index in [-0.39, 0.29) is 0 Å². The lowest BCUT2D eigenvalue weighted by Gasteiger charge is -2.19. The number of aryl methyl sites for hydroxylation is 2. The summed E-state index contributed by atoms with van der Waals surface area (Å²) in [7, 11) is -1.87. The standard InChI is InChI=1S/C16H18BrNO2S/c1-12-6-4-5-7-14(12)11-18(3)21(19,20)15-8-9-16(17)13(2)10-15/h4-10H,11H2,1-3H3. The van der Waals surface area contributed by atoms with Crippen LogP contribution in [-0.2, 0) is 16.6 Å². The summed E-state index contributed by atoms with van der Waals surface area (Å²) in [5.41, 5.74) is 3.00. The van der Waals surface area contributed by atoms with Gasteiger partial charge in [0.05, 0.1) is 4.90 Å². The highest BCUT2D eigenvalue weighted by atomic mass is 79.9. The van der Waals surface area contributed by atoms with Crippen LogP contribution in [0.1, 0.15) is 16.7 Å². The van der Waals surface area contributed by atoms with Gasteiger partial charge in [0, 0.05) is 18.1 Å². The first-order valence-corrected chi connectivity index (χ1v) is 8.82. The molecule has 0 heterocycles. The zero-order valence-corrected chi connectivity index (χ0v) is 14.7. The van der Waals surface area contributed by atoms with Crippen molar-refractivity contribution in [1.82, 2.24) is 4.31 Å². The number of nitrogens with zero attached hydrogens (tertiary/aromatic N) is 1. The molecule has 2 rings (SSSR count). The molecule has 0 saturated carbocycles. The number of hydrogen-bond acceptors (Lipinski definition) is 2. The molecule has 0 aliphatic heterocycles. The van der Waals surface area contributed by atoms with E-state index in [2.05, 4.69) is 15.9 Å². The third-order valence-corrected chi connectivity index (χ3v) is 6.18. The third-order valence-electron chi connectivity index (χ3n) is 3.49. The molecule has 0 bridgehead atoms. The Balaban J connectivity index is 2.30. The predicted octanol–water partition coefficient (Wildman–Crippen LogP) is 3.89. The van der Waals surface area contributed by atoms with Crippen molar-refractivity contribution < 1.29 is 8.42 Å². The maximum absolute atomic E-state index is 12.6. The highest BCUT2D eigenvalue weighted by Crippen LogP contribution is 2.23. The normalized spacial score (nSPS) is 11.9. The number of sulfonamides is 1. The van der Waals surface area contributed by atoms with Gasteiger partial charge in [-0.05, 0) is 48.7 Å². The van der Waals surface area contributed by atoms with E-state index >= 15 is 0 Å². The van der Waals surface area contributed by atoms with Crippen LogP contribution in [0.2, 0.25) is 0 Å². The van der Waals surface area contributed by atoms with Gasteiger partial charge in [-0.1, -0.05) is 40.2 Å². The summed E-state index contributed by atoms with van der Waals surface area (Å²) in [6, 6.07) is 12.9. The van der Waals surface area contributed by atoms with Gasteiger partial charge in [-0.3, -0.25) is 0 Å². The van der Waals surface area contributed by atoms with Crippen LogP contribution < -0.4 is 0 Å². The van der Waals surface area contributed by atoms with Gasteiger partial charge < -0.3 is 0 Å². The van der Waals surface area contributed by atoms with Crippen molar-refractivity contribution in [3.63, 3.8) is 0 Å². The molecule has 21 heavy (non-hydrogen) atoms. The molecular weight excluding hydrogens is 350 g/mol. The van der Waals surface area contributed by atoms with Crippen molar-refractivity contribution in [2.24, 2.45) is 0 Å². The van der Waals surface area contributed by atoms with Gasteiger partial charge in [-0.15, -0.1) is 0 Å². The van der Waals surface area contributed by atoms with E-state index in [1.807, 2.05) is 38.1 Å². The molecule has 0 fully saturated rings. The fourth-order valence-corrected chi connectivity index (χ4v) is 3.55. The molecule has 0 aromatic heterocycles. The Bertz CT molecular complexity index is 757. The van der Waals surface area contributed by atoms with Crippen LogP contribution in [0.15, 0.2) is 51.8 Å². The zero-order valence-electron chi connectivity index (χ0n) is 12.3. The minimum Gasteiger partial charge on any atom is -0.207 e. The molecule has 0 aliphatic carbocycles. The summed E-state index contributed by atoms with van der Waals surface area (Å²) < 4.78 is 27.5. The Kier molecular flexibility index (Phi) is 4.86. The average Bonchev–Trinajstić information content (AvgIpc) is 2.44. The van der Waals surface area contributed by atoms with Crippen molar-refractivity contribution in [2.75, 3.05) is 7.05 Å². The van der Waals surface area contributed by atoms with Crippen LogP contribution >= 0.6 is 15.9 Å². The van der Waals surface area contributed by atoms with Crippen molar-refractivity contribution in [3.8, 4) is 0 Å². The second-order valence-electron chi connectivity index (χ2n) is 5.10. The zero-order chi connectivity index (χ0) is 15.6. The average molecular weight is 368 g/mol. The lowest BCUT2D eigenvalue weighted by atomic mass is 10.1. The lowest BCUT2D eigenvalue weighted by molar-refractivity contribution is 0.466. The summed E-state index contributed by atoms with van der Waals surface area (Å²) in [5, 5.41) is 0. The van der Waals surface area contributed by atoms with Crippen molar-refractivity contribution in [2.45, 2.75) is 25.3 Å². The molecular formula is C16H18BrNO2S. The summed E-state index contributed by atoms with van der Waals surface area (Å²) in [6.45, 7) is 4.23. The molecule has 5 heteroatoms. The van der Waals surface area contributed by atoms with Gasteiger partial charge in [0.25, 0.3) is 0 Å². The van der Waals surface area contributed by atoms with Gasteiger partial charge in [-0.2, -0.15) is 4.31 Å². The Morgan fingerprint density at radius 1 is 1.05 bits per heavy atom. The Morgan fingerprint density at radius 3 is 2.33 bits per heavy atom. The minimum absolute atomic E-state index is 0.319. The number of rotatable bonds is 4. The van der Waals surface area contributed by atoms with Gasteiger partial charge in [-0.25, -0.2) is 8.42 Å². The van der Waals surface area contributed by atoms with E-state index in [1.165, 1.54) is 4.31 Å². The molecule has 3 nitrogen and oxygen atoms in total. The molecule has 0 unspecified atom stereocenters. The second-order valence-corrected chi connectivity index (χ2v) is 8.00. The minimum atomic E-state index is -3.48. The summed E-state index contributed by atoms with van der Waals surface area (Å²) in [6.07, 6.45) is 0. The molecule has 0 spiro atoms. The fraction of sp³-hybridized carbons (Fsp3) is 0.250. The summed E-state index contributed by atoms with van der Waals surface area (Å²) in [4.78, 5) is 0.319. The van der Waals surface area contributed by atoms with Gasteiger partial charge >= 0.3 is 0 Å².